The molecule has 2 heterocycles. The molecule has 4 rings (SSSR count). The molecule has 1 N–H and O–H groups in total. The zero-order valence-electron chi connectivity index (χ0n) is 16.6. The van der Waals surface area contributed by atoms with Gasteiger partial charge >= 0.3 is 0 Å². The Kier molecular flexibility index (Phi) is 4.63. The fourth-order valence-corrected chi connectivity index (χ4v) is 5.07. The van der Waals surface area contributed by atoms with Crippen LogP contribution < -0.4 is 0 Å². The van der Waals surface area contributed by atoms with E-state index in [1.165, 1.54) is 21.6 Å². The van der Waals surface area contributed by atoms with Crippen molar-refractivity contribution in [3.05, 3.63) is 88.3 Å². The second kappa shape index (κ2) is 6.99. The van der Waals surface area contributed by atoms with Crippen LogP contribution in [0.2, 0.25) is 0 Å². The van der Waals surface area contributed by atoms with E-state index < -0.39 is 0 Å². The molecule has 4 nitrogen and oxygen atoms in total. The fraction of sp³-hybridized carbons (Fsp3) is 0.261. The number of tetrazole rings is 1. The minimum Gasteiger partial charge on any atom is -0.238 e. The third-order valence-electron chi connectivity index (χ3n) is 5.54. The number of benzene rings is 2. The van der Waals surface area contributed by atoms with Crippen LogP contribution in [0.1, 0.15) is 49.3 Å². The van der Waals surface area contributed by atoms with Crippen molar-refractivity contribution in [2.75, 3.05) is 0 Å². The number of nitrogens with one attached hydrogen (secondary N) is 1. The Balaban J connectivity index is 1.93. The van der Waals surface area contributed by atoms with Crippen molar-refractivity contribution in [3.63, 3.8) is 0 Å². The number of aromatic nitrogens is 4. The van der Waals surface area contributed by atoms with Crippen LogP contribution in [0.4, 0.5) is 0 Å². The maximum atomic E-state index is 4.14. The van der Waals surface area contributed by atoms with Crippen LogP contribution in [-0.2, 0) is 10.8 Å². The van der Waals surface area contributed by atoms with Gasteiger partial charge in [-0.1, -0.05) is 88.4 Å². The fourth-order valence-electron chi connectivity index (χ4n) is 3.70. The van der Waals surface area contributed by atoms with Crippen molar-refractivity contribution < 1.29 is 0 Å². The van der Waals surface area contributed by atoms with E-state index in [1.807, 2.05) is 0 Å². The SMILES string of the molecule is CC(C)(c1ccccc1)c1cc(-c2nnn[nH]2)sc1C(C)(C)c1ccccc1. The van der Waals surface area contributed by atoms with Crippen molar-refractivity contribution in [1.82, 2.24) is 20.6 Å². The van der Waals surface area contributed by atoms with Crippen molar-refractivity contribution in [2.45, 2.75) is 38.5 Å². The summed E-state index contributed by atoms with van der Waals surface area (Å²) in [5.41, 5.74) is 3.61. The average Bonchev–Trinajstić information content (AvgIpc) is 3.39. The maximum absolute atomic E-state index is 4.14. The smallest absolute Gasteiger partial charge is 0.189 e. The molecule has 142 valence electrons. The number of rotatable bonds is 5. The topological polar surface area (TPSA) is 54.5 Å². The molecule has 4 aromatic rings. The van der Waals surface area contributed by atoms with Gasteiger partial charge in [-0.15, -0.1) is 16.4 Å². The maximum Gasteiger partial charge on any atom is 0.189 e. The Labute approximate surface area is 169 Å². The van der Waals surface area contributed by atoms with Crippen molar-refractivity contribution in [1.29, 1.82) is 0 Å². The normalized spacial score (nSPS) is 12.3. The summed E-state index contributed by atoms with van der Waals surface area (Å²) in [6.07, 6.45) is 0. The number of aromatic amines is 1. The predicted octanol–water partition coefficient (Wildman–Crippen LogP) is 5.58. The molecule has 0 spiro atoms. The molecule has 0 saturated carbocycles. The van der Waals surface area contributed by atoms with Gasteiger partial charge in [0.1, 0.15) is 0 Å². The van der Waals surface area contributed by atoms with Gasteiger partial charge in [0.15, 0.2) is 5.82 Å². The first-order valence-corrected chi connectivity index (χ1v) is 10.2. The lowest BCUT2D eigenvalue weighted by atomic mass is 9.72. The zero-order valence-corrected chi connectivity index (χ0v) is 17.4. The van der Waals surface area contributed by atoms with E-state index in [0.717, 1.165) is 4.88 Å². The molecular formula is C23H24N4S. The summed E-state index contributed by atoms with van der Waals surface area (Å²) in [7, 11) is 0. The first-order valence-electron chi connectivity index (χ1n) is 9.40. The molecule has 2 aromatic heterocycles. The molecule has 0 aliphatic heterocycles. The van der Waals surface area contributed by atoms with E-state index in [9.17, 15) is 0 Å². The van der Waals surface area contributed by atoms with Gasteiger partial charge in [-0.05, 0) is 33.2 Å². The van der Waals surface area contributed by atoms with E-state index in [-0.39, 0.29) is 10.8 Å². The summed E-state index contributed by atoms with van der Waals surface area (Å²) in [5.74, 6) is 0.713. The Morgan fingerprint density at radius 3 is 1.89 bits per heavy atom. The Hall–Kier alpha value is -2.79. The Bertz CT molecular complexity index is 980. The summed E-state index contributed by atoms with van der Waals surface area (Å²) < 4.78 is 0. The summed E-state index contributed by atoms with van der Waals surface area (Å²) in [4.78, 5) is 2.39. The van der Waals surface area contributed by atoms with Gasteiger partial charge < -0.3 is 0 Å². The van der Waals surface area contributed by atoms with Gasteiger partial charge in [0.2, 0.25) is 0 Å². The number of H-pyrrole nitrogens is 1. The third-order valence-corrected chi connectivity index (χ3v) is 7.01. The zero-order chi connectivity index (χ0) is 19.8. The molecule has 0 aliphatic carbocycles. The number of hydrogen-bond donors (Lipinski definition) is 1. The molecule has 0 saturated heterocycles. The summed E-state index contributed by atoms with van der Waals surface area (Å²) in [5, 5.41) is 14.6. The monoisotopic (exact) mass is 388 g/mol. The lowest BCUT2D eigenvalue weighted by Gasteiger charge is -2.32. The molecule has 5 heteroatoms. The molecule has 0 radical (unpaired) electrons. The second-order valence-electron chi connectivity index (χ2n) is 8.09. The Morgan fingerprint density at radius 1 is 0.786 bits per heavy atom. The number of hydrogen-bond acceptors (Lipinski definition) is 4. The van der Waals surface area contributed by atoms with Crippen LogP contribution >= 0.6 is 11.3 Å². The number of thiophene rings is 1. The van der Waals surface area contributed by atoms with Crippen LogP contribution in [-0.4, -0.2) is 20.6 Å². The Morgan fingerprint density at radius 2 is 1.36 bits per heavy atom. The predicted molar refractivity (Wildman–Crippen MR) is 115 cm³/mol. The van der Waals surface area contributed by atoms with Gasteiger partial charge in [0.05, 0.1) is 4.88 Å². The van der Waals surface area contributed by atoms with E-state index in [1.54, 1.807) is 11.3 Å². The summed E-state index contributed by atoms with van der Waals surface area (Å²) in [6.45, 7) is 9.16. The van der Waals surface area contributed by atoms with Crippen LogP contribution in [0.3, 0.4) is 0 Å². The van der Waals surface area contributed by atoms with E-state index in [0.29, 0.717) is 5.82 Å². The number of nitrogens with zero attached hydrogens (tertiary/aromatic N) is 3. The van der Waals surface area contributed by atoms with E-state index in [2.05, 4.69) is 115 Å². The largest absolute Gasteiger partial charge is 0.238 e. The van der Waals surface area contributed by atoms with Crippen molar-refractivity contribution in [2.24, 2.45) is 0 Å². The van der Waals surface area contributed by atoms with E-state index in [4.69, 9.17) is 0 Å². The molecule has 0 unspecified atom stereocenters. The highest BCUT2D eigenvalue weighted by atomic mass is 32.1. The second-order valence-corrected chi connectivity index (χ2v) is 9.14. The minimum absolute atomic E-state index is 0.140. The molecular weight excluding hydrogens is 364 g/mol. The first-order chi connectivity index (χ1) is 13.4. The van der Waals surface area contributed by atoms with Crippen LogP contribution in [0, 0.1) is 0 Å². The molecule has 28 heavy (non-hydrogen) atoms. The first kappa shape index (κ1) is 18.6. The van der Waals surface area contributed by atoms with Gasteiger partial charge in [0.25, 0.3) is 0 Å². The van der Waals surface area contributed by atoms with Crippen LogP contribution in [0.15, 0.2) is 66.7 Å². The highest BCUT2D eigenvalue weighted by Gasteiger charge is 2.35. The van der Waals surface area contributed by atoms with Gasteiger partial charge in [-0.25, -0.2) is 5.10 Å². The van der Waals surface area contributed by atoms with Crippen LogP contribution in [0.25, 0.3) is 10.7 Å². The van der Waals surface area contributed by atoms with Crippen molar-refractivity contribution in [3.8, 4) is 10.7 Å². The van der Waals surface area contributed by atoms with Gasteiger partial charge in [-0.2, -0.15) is 0 Å². The molecule has 0 fully saturated rings. The van der Waals surface area contributed by atoms with Crippen molar-refractivity contribution >= 4 is 11.3 Å². The molecule has 0 atom stereocenters. The standard InChI is InChI=1S/C23H24N4S/c1-22(2,16-11-7-5-8-12-16)18-15-19(21-24-26-27-25-21)28-20(18)23(3,4)17-13-9-6-10-14-17/h5-15H,1-4H3,(H,24,25,26,27). The summed E-state index contributed by atoms with van der Waals surface area (Å²) >= 11 is 1.77. The highest BCUT2D eigenvalue weighted by Crippen LogP contribution is 2.47. The summed E-state index contributed by atoms with van der Waals surface area (Å²) in [6, 6.07) is 23.6. The third kappa shape index (κ3) is 3.16. The van der Waals surface area contributed by atoms with Crippen LogP contribution in [0.5, 0.6) is 0 Å². The highest BCUT2D eigenvalue weighted by molar-refractivity contribution is 7.15. The average molecular weight is 389 g/mol. The quantitative estimate of drug-likeness (QED) is 0.485. The molecule has 0 bridgehead atoms. The van der Waals surface area contributed by atoms with Gasteiger partial charge in [-0.3, -0.25) is 0 Å². The molecule has 0 amide bonds. The lowest BCUT2D eigenvalue weighted by Crippen LogP contribution is -2.26. The van der Waals surface area contributed by atoms with Gasteiger partial charge in [0, 0.05) is 15.7 Å². The minimum atomic E-state index is -0.148. The van der Waals surface area contributed by atoms with E-state index >= 15 is 0 Å². The molecule has 2 aromatic carbocycles. The molecule has 0 aliphatic rings. The lowest BCUT2D eigenvalue weighted by molar-refractivity contribution is 0.591.